The second-order valence-corrected chi connectivity index (χ2v) is 7.51. The summed E-state index contributed by atoms with van der Waals surface area (Å²) in [4.78, 5) is 2.25. The van der Waals surface area contributed by atoms with Crippen molar-refractivity contribution in [3.63, 3.8) is 0 Å². The summed E-state index contributed by atoms with van der Waals surface area (Å²) >= 11 is 0. The van der Waals surface area contributed by atoms with Crippen LogP contribution in [0.4, 0.5) is 22.7 Å². The summed E-state index contributed by atoms with van der Waals surface area (Å²) in [5.74, 6) is 6.55. The quantitative estimate of drug-likeness (QED) is 0.613. The number of nitrogens with two attached hydrogens (primary N) is 1. The summed E-state index contributed by atoms with van der Waals surface area (Å²) in [5, 5.41) is 15.4. The van der Waals surface area contributed by atoms with E-state index in [0.29, 0.717) is 6.54 Å². The Morgan fingerprint density at radius 2 is 1.54 bits per heavy atom. The monoisotopic (exact) mass is 372 g/mol. The van der Waals surface area contributed by atoms with Gasteiger partial charge in [-0.2, -0.15) is 0 Å². The van der Waals surface area contributed by atoms with Crippen molar-refractivity contribution < 1.29 is 5.11 Å². The summed E-state index contributed by atoms with van der Waals surface area (Å²) < 4.78 is 0. The van der Waals surface area contributed by atoms with Crippen molar-refractivity contribution in [3.8, 4) is 0 Å². The zero-order chi connectivity index (χ0) is 19.1. The Hall–Kier alpha value is -2.86. The summed E-state index contributed by atoms with van der Waals surface area (Å²) in [5.41, 5.74) is 5.52. The molecule has 0 aliphatic carbocycles. The average Bonchev–Trinajstić information content (AvgIpc) is 3.01. The molecule has 0 amide bonds. The number of hydrogen-bond donors (Lipinski definition) is 3. The van der Waals surface area contributed by atoms with E-state index in [0.717, 1.165) is 29.2 Å². The summed E-state index contributed by atoms with van der Waals surface area (Å²) in [6.45, 7) is 0.579. The number of piperidine rings is 1. The predicted molar refractivity (Wildman–Crippen MR) is 113 cm³/mol. The van der Waals surface area contributed by atoms with Crippen molar-refractivity contribution >= 4 is 22.7 Å². The molecule has 1 fully saturated rings. The lowest BCUT2D eigenvalue weighted by Crippen LogP contribution is -2.55. The summed E-state index contributed by atoms with van der Waals surface area (Å²) in [6.07, 6.45) is 0.414. The number of hydrogen-bond acceptors (Lipinski definition) is 5. The van der Waals surface area contributed by atoms with E-state index >= 15 is 0 Å². The molecule has 0 spiro atoms. The maximum Gasteiger partial charge on any atom is 0.102 e. The number of aliphatic hydroxyl groups excluding tert-OH is 1. The molecule has 28 heavy (non-hydrogen) atoms. The highest BCUT2D eigenvalue weighted by Crippen LogP contribution is 2.45. The zero-order valence-corrected chi connectivity index (χ0v) is 15.6. The number of anilines is 4. The van der Waals surface area contributed by atoms with Crippen molar-refractivity contribution in [2.24, 2.45) is 5.84 Å². The molecule has 0 bridgehead atoms. The maximum atomic E-state index is 10.2. The summed E-state index contributed by atoms with van der Waals surface area (Å²) in [7, 11) is 0. The van der Waals surface area contributed by atoms with E-state index in [9.17, 15) is 5.11 Å². The van der Waals surface area contributed by atoms with Crippen LogP contribution in [0.15, 0.2) is 78.9 Å². The van der Waals surface area contributed by atoms with Crippen LogP contribution < -0.4 is 21.1 Å². The standard InChI is InChI=1S/C23H24N4O/c24-27-22-12-11-18(13-20(22)21-14-19(28)15-25-23(21)27)26(16-7-3-1-4-8-16)17-9-5-2-6-10-17/h1-13,19,21,23,25,28H,14-15,24H2. The largest absolute Gasteiger partial charge is 0.392 e. The minimum absolute atomic E-state index is 0.0375. The number of benzene rings is 3. The van der Waals surface area contributed by atoms with Crippen LogP contribution in [0.2, 0.25) is 0 Å². The number of β-amino-alcohol motifs (C(OH)–C–C–N with tert-alkyl or cyclic N) is 1. The van der Waals surface area contributed by atoms with Crippen LogP contribution in [0.25, 0.3) is 0 Å². The zero-order valence-electron chi connectivity index (χ0n) is 15.6. The fraction of sp³-hybridized carbons (Fsp3) is 0.217. The van der Waals surface area contributed by atoms with Crippen LogP contribution in [-0.2, 0) is 0 Å². The van der Waals surface area contributed by atoms with Gasteiger partial charge in [0.1, 0.15) is 6.17 Å². The molecule has 5 rings (SSSR count). The van der Waals surface area contributed by atoms with Gasteiger partial charge in [-0.15, -0.1) is 0 Å². The topological polar surface area (TPSA) is 64.8 Å². The number of hydrazine groups is 1. The van der Waals surface area contributed by atoms with Gasteiger partial charge in [0.2, 0.25) is 0 Å². The molecular weight excluding hydrogens is 348 g/mol. The van der Waals surface area contributed by atoms with E-state index in [1.165, 1.54) is 5.56 Å². The Morgan fingerprint density at radius 3 is 2.18 bits per heavy atom. The molecule has 3 aromatic carbocycles. The van der Waals surface area contributed by atoms with E-state index in [-0.39, 0.29) is 18.2 Å². The van der Waals surface area contributed by atoms with Crippen LogP contribution >= 0.6 is 0 Å². The highest BCUT2D eigenvalue weighted by atomic mass is 16.3. The normalized spacial score (nSPS) is 23.2. The molecule has 5 heteroatoms. The first-order valence-electron chi connectivity index (χ1n) is 9.72. The lowest BCUT2D eigenvalue weighted by atomic mass is 9.89. The highest BCUT2D eigenvalue weighted by Gasteiger charge is 2.41. The Kier molecular flexibility index (Phi) is 4.28. The lowest BCUT2D eigenvalue weighted by molar-refractivity contribution is 0.116. The van der Waals surface area contributed by atoms with Gasteiger partial charge in [0, 0.05) is 29.5 Å². The molecular formula is C23H24N4O. The number of para-hydroxylation sites is 2. The molecule has 0 saturated carbocycles. The number of nitrogens with zero attached hydrogens (tertiary/aromatic N) is 2. The van der Waals surface area contributed by atoms with Gasteiger partial charge in [-0.05, 0) is 54.4 Å². The molecule has 5 nitrogen and oxygen atoms in total. The molecule has 2 aliphatic heterocycles. The van der Waals surface area contributed by atoms with E-state index < -0.39 is 0 Å². The number of fused-ring (bicyclic) bond motifs is 3. The van der Waals surface area contributed by atoms with Crippen molar-refractivity contribution in [1.82, 2.24) is 5.32 Å². The van der Waals surface area contributed by atoms with Crippen molar-refractivity contribution in [2.45, 2.75) is 24.6 Å². The lowest BCUT2D eigenvalue weighted by Gasteiger charge is -2.33. The third kappa shape index (κ3) is 2.85. The number of rotatable bonds is 3. The third-order valence-electron chi connectivity index (χ3n) is 5.75. The number of aliphatic hydroxyl groups is 1. The second-order valence-electron chi connectivity index (χ2n) is 7.51. The van der Waals surface area contributed by atoms with Gasteiger partial charge >= 0.3 is 0 Å². The van der Waals surface area contributed by atoms with Crippen LogP contribution in [0.5, 0.6) is 0 Å². The molecule has 3 aromatic rings. The van der Waals surface area contributed by atoms with E-state index in [2.05, 4.69) is 76.9 Å². The maximum absolute atomic E-state index is 10.2. The molecule has 0 aromatic heterocycles. The minimum atomic E-state index is -0.344. The Morgan fingerprint density at radius 1 is 0.893 bits per heavy atom. The highest BCUT2D eigenvalue weighted by molar-refractivity contribution is 5.79. The molecule has 1 saturated heterocycles. The van der Waals surface area contributed by atoms with Gasteiger partial charge in [0.15, 0.2) is 0 Å². The first-order chi connectivity index (χ1) is 13.7. The van der Waals surface area contributed by atoms with E-state index in [1.807, 2.05) is 17.1 Å². The van der Waals surface area contributed by atoms with Crippen molar-refractivity contribution in [2.75, 3.05) is 16.5 Å². The molecule has 3 unspecified atom stereocenters. The molecule has 4 N–H and O–H groups in total. The Labute approximate surface area is 165 Å². The van der Waals surface area contributed by atoms with Crippen LogP contribution in [0.1, 0.15) is 17.9 Å². The van der Waals surface area contributed by atoms with Crippen LogP contribution in [0.3, 0.4) is 0 Å². The second kappa shape index (κ2) is 6.95. The third-order valence-corrected chi connectivity index (χ3v) is 5.75. The van der Waals surface area contributed by atoms with Crippen LogP contribution in [0, 0.1) is 0 Å². The Bertz CT molecular complexity index is 923. The molecule has 0 radical (unpaired) electrons. The van der Waals surface area contributed by atoms with Gasteiger partial charge in [-0.25, -0.2) is 5.84 Å². The fourth-order valence-electron chi connectivity index (χ4n) is 4.46. The first-order valence-corrected chi connectivity index (χ1v) is 9.72. The summed E-state index contributed by atoms with van der Waals surface area (Å²) in [6, 6.07) is 27.2. The van der Waals surface area contributed by atoms with E-state index in [4.69, 9.17) is 5.84 Å². The average molecular weight is 372 g/mol. The van der Waals surface area contributed by atoms with Crippen molar-refractivity contribution in [3.05, 3.63) is 84.4 Å². The molecule has 2 aliphatic rings. The van der Waals surface area contributed by atoms with Crippen LogP contribution in [-0.4, -0.2) is 23.9 Å². The molecule has 2 heterocycles. The molecule has 142 valence electrons. The number of nitrogens with one attached hydrogen (secondary N) is 1. The SMILES string of the molecule is NN1c2ccc(N(c3ccccc3)c3ccccc3)cc2C2CC(O)CNC21. The predicted octanol–water partition coefficient (Wildman–Crippen LogP) is 3.61. The van der Waals surface area contributed by atoms with Gasteiger partial charge in [-0.3, -0.25) is 10.3 Å². The Balaban J connectivity index is 1.61. The fourth-order valence-corrected chi connectivity index (χ4v) is 4.46. The van der Waals surface area contributed by atoms with Gasteiger partial charge in [0.05, 0.1) is 11.8 Å². The van der Waals surface area contributed by atoms with Gasteiger partial charge < -0.3 is 10.0 Å². The minimum Gasteiger partial charge on any atom is -0.392 e. The van der Waals surface area contributed by atoms with Gasteiger partial charge in [-0.1, -0.05) is 36.4 Å². The van der Waals surface area contributed by atoms with E-state index in [1.54, 1.807) is 0 Å². The first kappa shape index (κ1) is 17.3. The molecule has 3 atom stereocenters. The van der Waals surface area contributed by atoms with Crippen molar-refractivity contribution in [1.29, 1.82) is 0 Å². The smallest absolute Gasteiger partial charge is 0.102 e. The van der Waals surface area contributed by atoms with Gasteiger partial charge in [0.25, 0.3) is 0 Å².